The van der Waals surface area contributed by atoms with Crippen LogP contribution in [-0.2, 0) is 6.54 Å². The van der Waals surface area contributed by atoms with E-state index in [0.29, 0.717) is 12.1 Å². The van der Waals surface area contributed by atoms with E-state index in [9.17, 15) is 9.59 Å². The second-order valence-electron chi connectivity index (χ2n) is 3.25. The first-order valence-corrected chi connectivity index (χ1v) is 4.40. The maximum atomic E-state index is 11.6. The van der Waals surface area contributed by atoms with Crippen molar-refractivity contribution in [3.05, 3.63) is 32.6 Å². The molecule has 0 saturated carbocycles. The van der Waals surface area contributed by atoms with E-state index < -0.39 is 0 Å². The highest BCUT2D eigenvalue weighted by molar-refractivity contribution is 5.09. The number of aromatic amines is 1. The lowest BCUT2D eigenvalue weighted by Gasteiger charge is -2.06. The molecular weight excluding hydrogens is 168 g/mol. The SMILES string of the molecule is CCn1c(=O)[nH]cc(C(C)C)c1=O. The Morgan fingerprint density at radius 1 is 1.46 bits per heavy atom. The fourth-order valence-corrected chi connectivity index (χ4v) is 1.23. The first-order valence-electron chi connectivity index (χ1n) is 4.40. The molecule has 0 spiro atoms. The lowest BCUT2D eigenvalue weighted by atomic mass is 10.1. The van der Waals surface area contributed by atoms with Crippen LogP contribution in [0.1, 0.15) is 32.3 Å². The van der Waals surface area contributed by atoms with Crippen LogP contribution < -0.4 is 11.2 Å². The van der Waals surface area contributed by atoms with Crippen molar-refractivity contribution in [2.24, 2.45) is 0 Å². The molecule has 0 bridgehead atoms. The smallest absolute Gasteiger partial charge is 0.314 e. The first-order chi connectivity index (χ1) is 6.07. The molecule has 0 aliphatic heterocycles. The third kappa shape index (κ3) is 1.71. The van der Waals surface area contributed by atoms with Crippen molar-refractivity contribution < 1.29 is 0 Å². The molecule has 1 N–H and O–H groups in total. The molecule has 1 aromatic rings. The van der Waals surface area contributed by atoms with Gasteiger partial charge in [0.05, 0.1) is 0 Å². The minimum Gasteiger partial charge on any atom is -0.314 e. The zero-order valence-corrected chi connectivity index (χ0v) is 8.13. The monoisotopic (exact) mass is 182 g/mol. The first kappa shape index (κ1) is 9.77. The molecule has 0 saturated heterocycles. The number of aromatic nitrogens is 2. The van der Waals surface area contributed by atoms with Crippen molar-refractivity contribution in [2.45, 2.75) is 33.2 Å². The Labute approximate surface area is 76.2 Å². The van der Waals surface area contributed by atoms with E-state index in [1.54, 1.807) is 6.92 Å². The molecule has 13 heavy (non-hydrogen) atoms. The average molecular weight is 182 g/mol. The Morgan fingerprint density at radius 3 is 2.54 bits per heavy atom. The van der Waals surface area contributed by atoms with Gasteiger partial charge in [-0.2, -0.15) is 0 Å². The van der Waals surface area contributed by atoms with Crippen LogP contribution in [0.25, 0.3) is 0 Å². The summed E-state index contributed by atoms with van der Waals surface area (Å²) >= 11 is 0. The van der Waals surface area contributed by atoms with E-state index in [4.69, 9.17) is 0 Å². The topological polar surface area (TPSA) is 54.9 Å². The number of H-pyrrole nitrogens is 1. The van der Waals surface area contributed by atoms with Crippen LogP contribution in [0.4, 0.5) is 0 Å². The number of nitrogens with one attached hydrogen (secondary N) is 1. The minimum atomic E-state index is -0.336. The highest BCUT2D eigenvalue weighted by atomic mass is 16.2. The van der Waals surface area contributed by atoms with E-state index >= 15 is 0 Å². The molecule has 4 heteroatoms. The molecule has 0 atom stereocenters. The maximum Gasteiger partial charge on any atom is 0.328 e. The molecule has 1 heterocycles. The summed E-state index contributed by atoms with van der Waals surface area (Å²) in [5.74, 6) is 0.141. The number of nitrogens with zero attached hydrogens (tertiary/aromatic N) is 1. The summed E-state index contributed by atoms with van der Waals surface area (Å²) in [7, 11) is 0. The van der Waals surface area contributed by atoms with Gasteiger partial charge in [0.1, 0.15) is 0 Å². The summed E-state index contributed by atoms with van der Waals surface area (Å²) in [6, 6.07) is 0. The second-order valence-corrected chi connectivity index (χ2v) is 3.25. The number of hydrogen-bond acceptors (Lipinski definition) is 2. The summed E-state index contributed by atoms with van der Waals surface area (Å²) in [4.78, 5) is 25.3. The normalized spacial score (nSPS) is 10.8. The molecule has 0 amide bonds. The van der Waals surface area contributed by atoms with Gasteiger partial charge < -0.3 is 4.98 Å². The van der Waals surface area contributed by atoms with Gasteiger partial charge >= 0.3 is 5.69 Å². The van der Waals surface area contributed by atoms with Gasteiger partial charge in [-0.3, -0.25) is 9.36 Å². The highest BCUT2D eigenvalue weighted by Gasteiger charge is 2.08. The van der Waals surface area contributed by atoms with Crippen molar-refractivity contribution in [1.29, 1.82) is 0 Å². The lowest BCUT2D eigenvalue weighted by Crippen LogP contribution is -2.36. The van der Waals surface area contributed by atoms with Gasteiger partial charge in [-0.1, -0.05) is 13.8 Å². The van der Waals surface area contributed by atoms with Crippen LogP contribution in [0.3, 0.4) is 0 Å². The van der Waals surface area contributed by atoms with Gasteiger partial charge in [0, 0.05) is 18.3 Å². The molecular formula is C9H14N2O2. The van der Waals surface area contributed by atoms with Crippen molar-refractivity contribution in [3.8, 4) is 0 Å². The quantitative estimate of drug-likeness (QED) is 0.731. The van der Waals surface area contributed by atoms with E-state index in [2.05, 4.69) is 4.98 Å². The van der Waals surface area contributed by atoms with Gasteiger partial charge in [0.25, 0.3) is 5.56 Å². The fraction of sp³-hybridized carbons (Fsp3) is 0.556. The van der Waals surface area contributed by atoms with Crippen LogP contribution >= 0.6 is 0 Å². The van der Waals surface area contributed by atoms with Crippen molar-refractivity contribution in [2.75, 3.05) is 0 Å². The summed E-state index contributed by atoms with van der Waals surface area (Å²) < 4.78 is 1.20. The predicted octanol–water partition coefficient (Wildman–Crippen LogP) is 0.680. The fourth-order valence-electron chi connectivity index (χ4n) is 1.23. The minimum absolute atomic E-state index is 0.141. The van der Waals surface area contributed by atoms with Crippen LogP contribution in [0.15, 0.2) is 15.8 Å². The van der Waals surface area contributed by atoms with Crippen LogP contribution in [-0.4, -0.2) is 9.55 Å². The van der Waals surface area contributed by atoms with Crippen molar-refractivity contribution in [3.63, 3.8) is 0 Å². The van der Waals surface area contributed by atoms with Gasteiger partial charge in [-0.05, 0) is 12.8 Å². The van der Waals surface area contributed by atoms with Crippen LogP contribution in [0.2, 0.25) is 0 Å². The van der Waals surface area contributed by atoms with Gasteiger partial charge in [-0.15, -0.1) is 0 Å². The predicted molar refractivity (Wildman–Crippen MR) is 51.1 cm³/mol. The molecule has 0 fully saturated rings. The summed E-state index contributed by atoms with van der Waals surface area (Å²) in [6.07, 6.45) is 1.50. The van der Waals surface area contributed by atoms with Crippen LogP contribution in [0, 0.1) is 0 Å². The molecule has 0 aliphatic rings. The largest absolute Gasteiger partial charge is 0.328 e. The average Bonchev–Trinajstić information content (AvgIpc) is 2.04. The van der Waals surface area contributed by atoms with E-state index in [0.717, 1.165) is 0 Å². The van der Waals surface area contributed by atoms with Crippen molar-refractivity contribution >= 4 is 0 Å². The summed E-state index contributed by atoms with van der Waals surface area (Å²) in [5.41, 5.74) is 0.139. The second kappa shape index (κ2) is 3.60. The lowest BCUT2D eigenvalue weighted by molar-refractivity contribution is 0.649. The molecule has 0 radical (unpaired) electrons. The zero-order valence-electron chi connectivity index (χ0n) is 8.13. The van der Waals surface area contributed by atoms with Gasteiger partial charge in [-0.25, -0.2) is 4.79 Å². The van der Waals surface area contributed by atoms with E-state index in [1.165, 1.54) is 10.8 Å². The van der Waals surface area contributed by atoms with E-state index in [-0.39, 0.29) is 17.2 Å². The van der Waals surface area contributed by atoms with Crippen molar-refractivity contribution in [1.82, 2.24) is 9.55 Å². The molecule has 72 valence electrons. The molecule has 0 aromatic carbocycles. The Bertz CT molecular complexity index is 401. The molecule has 0 aliphatic carbocycles. The summed E-state index contributed by atoms with van der Waals surface area (Å²) in [6.45, 7) is 6.04. The number of hydrogen-bond donors (Lipinski definition) is 1. The Hall–Kier alpha value is -1.32. The molecule has 1 aromatic heterocycles. The standard InChI is InChI=1S/C9H14N2O2/c1-4-11-8(12)7(6(2)3)5-10-9(11)13/h5-6H,4H2,1-3H3,(H,10,13). The molecule has 1 rings (SSSR count). The molecule has 4 nitrogen and oxygen atoms in total. The summed E-state index contributed by atoms with van der Waals surface area (Å²) in [5, 5.41) is 0. The third-order valence-corrected chi connectivity index (χ3v) is 2.03. The van der Waals surface area contributed by atoms with E-state index in [1.807, 2.05) is 13.8 Å². The third-order valence-electron chi connectivity index (χ3n) is 2.03. The Morgan fingerprint density at radius 2 is 2.08 bits per heavy atom. The molecule has 0 unspecified atom stereocenters. The van der Waals surface area contributed by atoms with Gasteiger partial charge in [0.15, 0.2) is 0 Å². The maximum absolute atomic E-state index is 11.6. The zero-order chi connectivity index (χ0) is 10.0. The Kier molecular flexibility index (Phi) is 2.70. The highest BCUT2D eigenvalue weighted by Crippen LogP contribution is 2.05. The van der Waals surface area contributed by atoms with Gasteiger partial charge in [0.2, 0.25) is 0 Å². The van der Waals surface area contributed by atoms with Crippen LogP contribution in [0.5, 0.6) is 0 Å². The number of rotatable bonds is 2. The Balaban J connectivity index is 3.46.